The Morgan fingerprint density at radius 2 is 1.58 bits per heavy atom. The van der Waals surface area contributed by atoms with Crippen molar-refractivity contribution in [2.24, 2.45) is 0 Å². The Hall–Kier alpha value is -1.90. The second-order valence-corrected chi connectivity index (χ2v) is 4.88. The highest BCUT2D eigenvalue weighted by Crippen LogP contribution is 2.24. The van der Waals surface area contributed by atoms with Gasteiger partial charge in [-0.2, -0.15) is 0 Å². The molecule has 2 aromatic rings. The molecule has 3 heteroatoms. The maximum absolute atomic E-state index is 13.1. The highest BCUT2D eigenvalue weighted by molar-refractivity contribution is 5.47. The molecule has 0 heterocycles. The lowest BCUT2D eigenvalue weighted by molar-refractivity contribution is 0.583. The van der Waals surface area contributed by atoms with Gasteiger partial charge in [0, 0.05) is 17.8 Å². The molecule has 0 spiro atoms. The zero-order valence-electron chi connectivity index (χ0n) is 11.3. The van der Waals surface area contributed by atoms with Gasteiger partial charge < -0.3 is 5.32 Å². The molecule has 0 radical (unpaired) electrons. The van der Waals surface area contributed by atoms with Crippen molar-refractivity contribution in [3.8, 4) is 0 Å². The first-order chi connectivity index (χ1) is 8.95. The van der Waals surface area contributed by atoms with Crippen LogP contribution in [0.4, 0.5) is 14.5 Å². The van der Waals surface area contributed by atoms with E-state index in [4.69, 9.17) is 0 Å². The maximum atomic E-state index is 13.1. The van der Waals surface area contributed by atoms with Crippen molar-refractivity contribution in [2.45, 2.75) is 26.8 Å². The van der Waals surface area contributed by atoms with Crippen LogP contribution < -0.4 is 5.32 Å². The summed E-state index contributed by atoms with van der Waals surface area (Å²) in [4.78, 5) is 0. The SMILES string of the molecule is Cc1ccc(C)c(C(C)Nc2cc(F)cc(F)c2)c1. The fourth-order valence-electron chi connectivity index (χ4n) is 2.19. The van der Waals surface area contributed by atoms with E-state index >= 15 is 0 Å². The van der Waals surface area contributed by atoms with Gasteiger partial charge in [-0.05, 0) is 44.0 Å². The van der Waals surface area contributed by atoms with Crippen LogP contribution in [0.15, 0.2) is 36.4 Å². The van der Waals surface area contributed by atoms with Crippen molar-refractivity contribution >= 4 is 5.69 Å². The molecule has 0 aromatic heterocycles. The summed E-state index contributed by atoms with van der Waals surface area (Å²) in [6.07, 6.45) is 0. The zero-order valence-corrected chi connectivity index (χ0v) is 11.3. The molecule has 2 rings (SSSR count). The quantitative estimate of drug-likeness (QED) is 0.840. The molecular formula is C16H17F2N. The van der Waals surface area contributed by atoms with E-state index < -0.39 is 11.6 Å². The number of hydrogen-bond donors (Lipinski definition) is 1. The van der Waals surface area contributed by atoms with Gasteiger partial charge in [0.05, 0.1) is 0 Å². The fraction of sp³-hybridized carbons (Fsp3) is 0.250. The van der Waals surface area contributed by atoms with Gasteiger partial charge >= 0.3 is 0 Å². The fourth-order valence-corrected chi connectivity index (χ4v) is 2.19. The molecule has 0 aliphatic heterocycles. The van der Waals surface area contributed by atoms with Crippen molar-refractivity contribution in [1.82, 2.24) is 0 Å². The molecule has 100 valence electrons. The number of rotatable bonds is 3. The number of benzene rings is 2. The average molecular weight is 261 g/mol. The molecule has 0 saturated heterocycles. The van der Waals surface area contributed by atoms with Crippen LogP contribution in [0.1, 0.15) is 29.7 Å². The van der Waals surface area contributed by atoms with E-state index in [0.717, 1.165) is 17.2 Å². The first-order valence-electron chi connectivity index (χ1n) is 6.25. The molecule has 19 heavy (non-hydrogen) atoms. The molecule has 0 fully saturated rings. The van der Waals surface area contributed by atoms with Crippen molar-refractivity contribution < 1.29 is 8.78 Å². The van der Waals surface area contributed by atoms with E-state index in [1.165, 1.54) is 17.7 Å². The van der Waals surface area contributed by atoms with Crippen molar-refractivity contribution in [2.75, 3.05) is 5.32 Å². The largest absolute Gasteiger partial charge is 0.378 e. The third-order valence-electron chi connectivity index (χ3n) is 3.15. The van der Waals surface area contributed by atoms with E-state index in [1.807, 2.05) is 26.8 Å². The minimum absolute atomic E-state index is 0.0129. The Balaban J connectivity index is 2.25. The second-order valence-electron chi connectivity index (χ2n) is 4.88. The third kappa shape index (κ3) is 3.31. The van der Waals surface area contributed by atoms with Crippen LogP contribution in [0.5, 0.6) is 0 Å². The zero-order chi connectivity index (χ0) is 14.0. The van der Waals surface area contributed by atoms with E-state index in [9.17, 15) is 8.78 Å². The summed E-state index contributed by atoms with van der Waals surface area (Å²) in [7, 11) is 0. The molecule has 1 N–H and O–H groups in total. The standard InChI is InChI=1S/C16H17F2N/c1-10-4-5-11(2)16(6-10)12(3)19-15-8-13(17)7-14(18)9-15/h4-9,12,19H,1-3H3. The van der Waals surface area contributed by atoms with Crippen LogP contribution in [-0.4, -0.2) is 0 Å². The Morgan fingerprint density at radius 3 is 2.21 bits per heavy atom. The molecule has 0 amide bonds. The van der Waals surface area contributed by atoms with Gasteiger partial charge in [0.25, 0.3) is 0 Å². The third-order valence-corrected chi connectivity index (χ3v) is 3.15. The first-order valence-corrected chi connectivity index (χ1v) is 6.25. The van der Waals surface area contributed by atoms with Gasteiger partial charge in [-0.3, -0.25) is 0 Å². The molecule has 0 bridgehead atoms. The summed E-state index contributed by atoms with van der Waals surface area (Å²) in [5.74, 6) is -1.15. The van der Waals surface area contributed by atoms with Gasteiger partial charge in [-0.15, -0.1) is 0 Å². The molecule has 0 aliphatic carbocycles. The monoisotopic (exact) mass is 261 g/mol. The van der Waals surface area contributed by atoms with E-state index in [2.05, 4.69) is 17.4 Å². The number of hydrogen-bond acceptors (Lipinski definition) is 1. The summed E-state index contributed by atoms with van der Waals surface area (Å²) in [5, 5.41) is 3.13. The topological polar surface area (TPSA) is 12.0 Å². The van der Waals surface area contributed by atoms with Crippen LogP contribution >= 0.6 is 0 Å². The molecule has 1 unspecified atom stereocenters. The lowest BCUT2D eigenvalue weighted by atomic mass is 10.00. The van der Waals surface area contributed by atoms with Crippen molar-refractivity contribution in [3.05, 3.63) is 64.7 Å². The van der Waals surface area contributed by atoms with Crippen LogP contribution in [0.25, 0.3) is 0 Å². The molecule has 1 nitrogen and oxygen atoms in total. The minimum Gasteiger partial charge on any atom is -0.378 e. The van der Waals surface area contributed by atoms with Crippen molar-refractivity contribution in [3.63, 3.8) is 0 Å². The van der Waals surface area contributed by atoms with E-state index in [-0.39, 0.29) is 6.04 Å². The smallest absolute Gasteiger partial charge is 0.128 e. The number of nitrogens with one attached hydrogen (secondary N) is 1. The highest BCUT2D eigenvalue weighted by Gasteiger charge is 2.10. The lowest BCUT2D eigenvalue weighted by Crippen LogP contribution is -2.09. The van der Waals surface area contributed by atoms with Gasteiger partial charge in [0.2, 0.25) is 0 Å². The summed E-state index contributed by atoms with van der Waals surface area (Å²) >= 11 is 0. The minimum atomic E-state index is -0.573. The predicted molar refractivity (Wildman–Crippen MR) is 74.3 cm³/mol. The Bertz CT molecular complexity index is 573. The summed E-state index contributed by atoms with van der Waals surface area (Å²) in [5.41, 5.74) is 3.90. The van der Waals surface area contributed by atoms with Gasteiger partial charge in [-0.25, -0.2) is 8.78 Å². The lowest BCUT2D eigenvalue weighted by Gasteiger charge is -2.18. The highest BCUT2D eigenvalue weighted by atomic mass is 19.1. The Morgan fingerprint density at radius 1 is 0.947 bits per heavy atom. The van der Waals surface area contributed by atoms with Gasteiger partial charge in [-0.1, -0.05) is 23.8 Å². The summed E-state index contributed by atoms with van der Waals surface area (Å²) in [6, 6.07) is 9.63. The van der Waals surface area contributed by atoms with Crippen LogP contribution in [0.3, 0.4) is 0 Å². The normalized spacial score (nSPS) is 12.3. The molecule has 0 saturated carbocycles. The molecule has 1 atom stereocenters. The molecule has 0 aliphatic rings. The Kier molecular flexibility index (Phi) is 3.84. The van der Waals surface area contributed by atoms with Crippen LogP contribution in [-0.2, 0) is 0 Å². The van der Waals surface area contributed by atoms with E-state index in [1.54, 1.807) is 0 Å². The predicted octanol–water partition coefficient (Wildman–Crippen LogP) is 4.75. The Labute approximate surface area is 112 Å². The van der Waals surface area contributed by atoms with Crippen LogP contribution in [0.2, 0.25) is 0 Å². The number of halogens is 2. The molecule has 2 aromatic carbocycles. The van der Waals surface area contributed by atoms with Gasteiger partial charge in [0.1, 0.15) is 11.6 Å². The second kappa shape index (κ2) is 5.39. The number of anilines is 1. The van der Waals surface area contributed by atoms with Crippen LogP contribution in [0, 0.1) is 25.5 Å². The average Bonchev–Trinajstić information content (AvgIpc) is 2.30. The first kappa shape index (κ1) is 13.5. The van der Waals surface area contributed by atoms with Gasteiger partial charge in [0.15, 0.2) is 0 Å². The van der Waals surface area contributed by atoms with E-state index in [0.29, 0.717) is 5.69 Å². The summed E-state index contributed by atoms with van der Waals surface area (Å²) in [6.45, 7) is 6.03. The molecular weight excluding hydrogens is 244 g/mol. The maximum Gasteiger partial charge on any atom is 0.128 e. The van der Waals surface area contributed by atoms with Crippen molar-refractivity contribution in [1.29, 1.82) is 0 Å². The number of aryl methyl sites for hydroxylation is 2. The summed E-state index contributed by atoms with van der Waals surface area (Å²) < 4.78 is 26.3.